The van der Waals surface area contributed by atoms with E-state index in [1.54, 1.807) is 6.20 Å². The Labute approximate surface area is 106 Å². The molecule has 2 aromatic heterocycles. The lowest BCUT2D eigenvalue weighted by Crippen LogP contribution is -2.31. The molecule has 0 radical (unpaired) electrons. The lowest BCUT2D eigenvalue weighted by molar-refractivity contribution is 0.539. The lowest BCUT2D eigenvalue weighted by Gasteiger charge is -2.19. The van der Waals surface area contributed by atoms with Gasteiger partial charge in [-0.05, 0) is 32.9 Å². The van der Waals surface area contributed by atoms with Crippen molar-refractivity contribution in [3.63, 3.8) is 0 Å². The van der Waals surface area contributed by atoms with Gasteiger partial charge in [-0.2, -0.15) is 15.3 Å². The summed E-state index contributed by atoms with van der Waals surface area (Å²) in [6.45, 7) is 6.70. The monoisotopic (exact) mass is 246 g/mol. The van der Waals surface area contributed by atoms with Gasteiger partial charge in [-0.3, -0.25) is 10.5 Å². The van der Waals surface area contributed by atoms with E-state index in [2.05, 4.69) is 20.7 Å². The third-order valence-electron chi connectivity index (χ3n) is 2.96. The number of nitrogens with two attached hydrogens (primary N) is 1. The van der Waals surface area contributed by atoms with E-state index in [1.165, 1.54) is 0 Å². The van der Waals surface area contributed by atoms with Gasteiger partial charge < -0.3 is 0 Å². The second-order valence-electron chi connectivity index (χ2n) is 4.20. The van der Waals surface area contributed by atoms with Crippen LogP contribution >= 0.6 is 0 Å². The van der Waals surface area contributed by atoms with E-state index < -0.39 is 0 Å². The highest BCUT2D eigenvalue weighted by molar-refractivity contribution is 5.30. The van der Waals surface area contributed by atoms with Crippen molar-refractivity contribution in [3.05, 3.63) is 41.0 Å². The second kappa shape index (κ2) is 5.24. The molecule has 0 aliphatic heterocycles. The average Bonchev–Trinajstić information content (AvgIpc) is 2.83. The number of aromatic nitrogens is 4. The molecule has 1 unspecified atom stereocenters. The average molecular weight is 246 g/mol. The van der Waals surface area contributed by atoms with Crippen molar-refractivity contribution in [1.29, 1.82) is 0 Å². The van der Waals surface area contributed by atoms with Gasteiger partial charge in [-0.1, -0.05) is 0 Å². The summed E-state index contributed by atoms with van der Waals surface area (Å²) in [5, 5.41) is 12.4. The molecule has 18 heavy (non-hydrogen) atoms. The van der Waals surface area contributed by atoms with Crippen molar-refractivity contribution in [2.75, 3.05) is 0 Å². The fourth-order valence-corrected chi connectivity index (χ4v) is 2.05. The van der Waals surface area contributed by atoms with Crippen molar-refractivity contribution in [2.45, 2.75) is 33.4 Å². The molecule has 0 fully saturated rings. The van der Waals surface area contributed by atoms with Gasteiger partial charge in [-0.25, -0.2) is 5.43 Å². The number of nitrogens with one attached hydrogen (secondary N) is 1. The Morgan fingerprint density at radius 3 is 2.83 bits per heavy atom. The van der Waals surface area contributed by atoms with Gasteiger partial charge >= 0.3 is 0 Å². The molecule has 6 nitrogen and oxygen atoms in total. The first-order chi connectivity index (χ1) is 8.67. The first-order valence-electron chi connectivity index (χ1n) is 5.96. The summed E-state index contributed by atoms with van der Waals surface area (Å²) >= 11 is 0. The third kappa shape index (κ3) is 2.25. The highest BCUT2D eigenvalue weighted by Gasteiger charge is 2.19. The molecular formula is C12H18N6. The maximum Gasteiger partial charge on any atom is 0.0897 e. The molecule has 3 N–H and O–H groups in total. The molecule has 0 aromatic carbocycles. The predicted octanol–water partition coefficient (Wildman–Crippen LogP) is 0.863. The van der Waals surface area contributed by atoms with Crippen molar-refractivity contribution in [2.24, 2.45) is 5.84 Å². The van der Waals surface area contributed by atoms with Crippen molar-refractivity contribution in [1.82, 2.24) is 25.4 Å². The van der Waals surface area contributed by atoms with Crippen LogP contribution in [0.3, 0.4) is 0 Å². The number of nitrogens with zero attached hydrogens (tertiary/aromatic N) is 4. The molecule has 0 saturated heterocycles. The molecule has 0 bridgehead atoms. The van der Waals surface area contributed by atoms with E-state index in [9.17, 15) is 0 Å². The van der Waals surface area contributed by atoms with Crippen LogP contribution in [0.4, 0.5) is 0 Å². The van der Waals surface area contributed by atoms with E-state index in [-0.39, 0.29) is 6.04 Å². The smallest absolute Gasteiger partial charge is 0.0897 e. The molecule has 2 rings (SSSR count). The summed E-state index contributed by atoms with van der Waals surface area (Å²) in [7, 11) is 0. The van der Waals surface area contributed by atoms with E-state index >= 15 is 0 Å². The van der Waals surface area contributed by atoms with Gasteiger partial charge in [0.25, 0.3) is 0 Å². The molecule has 2 heterocycles. The van der Waals surface area contributed by atoms with Crippen molar-refractivity contribution < 1.29 is 0 Å². The zero-order chi connectivity index (χ0) is 13.1. The van der Waals surface area contributed by atoms with Crippen LogP contribution in [0, 0.1) is 13.8 Å². The molecule has 1 atom stereocenters. The fourth-order valence-electron chi connectivity index (χ4n) is 2.05. The first kappa shape index (κ1) is 12.7. The summed E-state index contributed by atoms with van der Waals surface area (Å²) in [6.07, 6.45) is 1.78. The van der Waals surface area contributed by atoms with Crippen LogP contribution in [0.1, 0.15) is 35.6 Å². The summed E-state index contributed by atoms with van der Waals surface area (Å²) in [5.74, 6) is 5.70. The summed E-state index contributed by atoms with van der Waals surface area (Å²) in [6, 6.07) is 3.84. The molecule has 96 valence electrons. The number of hydrogen-bond donors (Lipinski definition) is 2. The van der Waals surface area contributed by atoms with E-state index in [0.717, 1.165) is 29.2 Å². The quantitative estimate of drug-likeness (QED) is 0.617. The molecule has 6 heteroatoms. The highest BCUT2D eigenvalue weighted by atomic mass is 15.3. The van der Waals surface area contributed by atoms with Crippen molar-refractivity contribution >= 4 is 0 Å². The maximum absolute atomic E-state index is 5.70. The topological polar surface area (TPSA) is 81.7 Å². The molecular weight excluding hydrogens is 228 g/mol. The minimum Gasteiger partial charge on any atom is -0.271 e. The normalized spacial score (nSPS) is 12.7. The predicted molar refractivity (Wildman–Crippen MR) is 68.6 cm³/mol. The standard InChI is InChI=1S/C12H18N6/c1-4-18-11(5-6-14-18)12(15-13)10-7-8(2)16-17-9(10)3/h5-7,12,15H,4,13H2,1-3H3. The van der Waals surface area contributed by atoms with Crippen LogP contribution in [0.15, 0.2) is 18.3 Å². The van der Waals surface area contributed by atoms with Gasteiger partial charge in [0, 0.05) is 18.3 Å². The number of hydrogen-bond acceptors (Lipinski definition) is 5. The van der Waals surface area contributed by atoms with Gasteiger partial charge in [0.15, 0.2) is 0 Å². The zero-order valence-electron chi connectivity index (χ0n) is 10.9. The molecule has 0 aliphatic carbocycles. The van der Waals surface area contributed by atoms with Crippen LogP contribution in [-0.4, -0.2) is 20.0 Å². The Balaban J connectivity index is 2.48. The highest BCUT2D eigenvalue weighted by Crippen LogP contribution is 2.23. The fraction of sp³-hybridized carbons (Fsp3) is 0.417. The first-order valence-corrected chi connectivity index (χ1v) is 5.96. The molecule has 2 aromatic rings. The minimum atomic E-state index is -0.123. The Morgan fingerprint density at radius 2 is 2.17 bits per heavy atom. The van der Waals surface area contributed by atoms with Crippen LogP contribution in [0.5, 0.6) is 0 Å². The summed E-state index contributed by atoms with van der Waals surface area (Å²) in [4.78, 5) is 0. The zero-order valence-corrected chi connectivity index (χ0v) is 10.9. The molecule has 0 amide bonds. The van der Waals surface area contributed by atoms with Crippen LogP contribution in [0.2, 0.25) is 0 Å². The van der Waals surface area contributed by atoms with Crippen LogP contribution in [0.25, 0.3) is 0 Å². The van der Waals surface area contributed by atoms with Crippen LogP contribution in [-0.2, 0) is 6.54 Å². The summed E-state index contributed by atoms with van der Waals surface area (Å²) < 4.78 is 1.92. The minimum absolute atomic E-state index is 0.123. The van der Waals surface area contributed by atoms with Gasteiger partial charge in [-0.15, -0.1) is 0 Å². The molecule has 0 spiro atoms. The Bertz CT molecular complexity index is 533. The number of aryl methyl sites for hydroxylation is 3. The van der Waals surface area contributed by atoms with E-state index in [1.807, 2.05) is 37.6 Å². The number of hydrazine groups is 1. The largest absolute Gasteiger partial charge is 0.271 e. The van der Waals surface area contributed by atoms with Gasteiger partial charge in [0.2, 0.25) is 0 Å². The Kier molecular flexibility index (Phi) is 3.69. The van der Waals surface area contributed by atoms with Crippen molar-refractivity contribution in [3.8, 4) is 0 Å². The Hall–Kier alpha value is -1.79. The molecule has 0 aliphatic rings. The number of rotatable bonds is 4. The molecule has 0 saturated carbocycles. The Morgan fingerprint density at radius 1 is 1.39 bits per heavy atom. The van der Waals surface area contributed by atoms with Crippen LogP contribution < -0.4 is 11.3 Å². The van der Waals surface area contributed by atoms with E-state index in [4.69, 9.17) is 5.84 Å². The van der Waals surface area contributed by atoms with Gasteiger partial charge in [0.05, 0.1) is 23.1 Å². The lowest BCUT2D eigenvalue weighted by atomic mass is 10.0. The maximum atomic E-state index is 5.70. The second-order valence-corrected chi connectivity index (χ2v) is 4.20. The SMILES string of the molecule is CCn1nccc1C(NN)c1cc(C)nnc1C. The van der Waals surface area contributed by atoms with E-state index in [0.29, 0.717) is 0 Å². The van der Waals surface area contributed by atoms with Gasteiger partial charge in [0.1, 0.15) is 0 Å². The third-order valence-corrected chi connectivity index (χ3v) is 2.96. The summed E-state index contributed by atoms with van der Waals surface area (Å²) in [5.41, 5.74) is 6.63.